The summed E-state index contributed by atoms with van der Waals surface area (Å²) < 4.78 is 23.4. The molecule has 0 aliphatic heterocycles. The third-order valence-electron chi connectivity index (χ3n) is 3.51. The predicted octanol–water partition coefficient (Wildman–Crippen LogP) is 3.09. The van der Waals surface area contributed by atoms with E-state index in [-0.39, 0.29) is 11.7 Å². The maximum absolute atomic E-state index is 12.8. The lowest BCUT2D eigenvalue weighted by atomic mass is 10.1. The number of para-hydroxylation sites is 1. The van der Waals surface area contributed by atoms with Crippen LogP contribution in [0.15, 0.2) is 42.5 Å². The van der Waals surface area contributed by atoms with Gasteiger partial charge in [0.1, 0.15) is 5.82 Å². The highest BCUT2D eigenvalue weighted by Crippen LogP contribution is 2.30. The van der Waals surface area contributed by atoms with E-state index in [0.29, 0.717) is 30.9 Å². The Bertz CT molecular complexity index is 656. The first-order chi connectivity index (χ1) is 11.1. The molecule has 0 aromatic heterocycles. The van der Waals surface area contributed by atoms with Gasteiger partial charge in [-0.25, -0.2) is 4.39 Å². The van der Waals surface area contributed by atoms with Gasteiger partial charge in [-0.15, -0.1) is 0 Å². The highest BCUT2D eigenvalue weighted by atomic mass is 19.1. The molecule has 1 N–H and O–H groups in total. The molecule has 0 saturated heterocycles. The van der Waals surface area contributed by atoms with Crippen molar-refractivity contribution in [1.29, 1.82) is 0 Å². The first kappa shape index (κ1) is 16.8. The molecule has 0 atom stereocenters. The summed E-state index contributed by atoms with van der Waals surface area (Å²) in [5, 5.41) is 2.86. The molecule has 5 heteroatoms. The number of nitrogens with one attached hydrogen (secondary N) is 1. The first-order valence-corrected chi connectivity index (χ1v) is 7.35. The molecule has 0 saturated carbocycles. The molecule has 122 valence electrons. The number of rotatable bonds is 7. The highest BCUT2D eigenvalue weighted by molar-refractivity contribution is 5.76. The molecule has 1 amide bonds. The summed E-state index contributed by atoms with van der Waals surface area (Å²) in [4.78, 5) is 12.0. The van der Waals surface area contributed by atoms with Crippen molar-refractivity contribution >= 4 is 5.91 Å². The van der Waals surface area contributed by atoms with E-state index in [9.17, 15) is 9.18 Å². The van der Waals surface area contributed by atoms with Crippen molar-refractivity contribution in [2.75, 3.05) is 14.2 Å². The number of carbonyl (C=O) groups excluding carboxylic acids is 1. The van der Waals surface area contributed by atoms with E-state index in [1.807, 2.05) is 12.1 Å². The maximum atomic E-state index is 12.8. The average Bonchev–Trinajstić information content (AvgIpc) is 2.58. The molecule has 2 aromatic carbocycles. The number of ether oxygens (including phenoxy) is 2. The second-order valence-electron chi connectivity index (χ2n) is 5.06. The Labute approximate surface area is 135 Å². The second-order valence-corrected chi connectivity index (χ2v) is 5.06. The number of methoxy groups -OCH3 is 2. The van der Waals surface area contributed by atoms with Gasteiger partial charge in [-0.3, -0.25) is 4.79 Å². The van der Waals surface area contributed by atoms with E-state index < -0.39 is 0 Å². The molecule has 0 bridgehead atoms. The van der Waals surface area contributed by atoms with E-state index in [2.05, 4.69) is 5.32 Å². The minimum atomic E-state index is -0.275. The molecule has 0 aliphatic carbocycles. The molecule has 0 heterocycles. The second kappa shape index (κ2) is 8.17. The van der Waals surface area contributed by atoms with Crippen LogP contribution in [0.25, 0.3) is 0 Å². The van der Waals surface area contributed by atoms with Gasteiger partial charge in [-0.05, 0) is 30.2 Å². The molecule has 4 nitrogen and oxygen atoms in total. The van der Waals surface area contributed by atoms with Gasteiger partial charge in [0.2, 0.25) is 5.91 Å². The summed E-state index contributed by atoms with van der Waals surface area (Å²) in [7, 11) is 3.14. The van der Waals surface area contributed by atoms with E-state index in [1.54, 1.807) is 32.4 Å². The Morgan fingerprint density at radius 2 is 1.83 bits per heavy atom. The van der Waals surface area contributed by atoms with E-state index in [1.165, 1.54) is 12.1 Å². The van der Waals surface area contributed by atoms with Crippen LogP contribution in [0.2, 0.25) is 0 Å². The van der Waals surface area contributed by atoms with E-state index >= 15 is 0 Å². The van der Waals surface area contributed by atoms with Gasteiger partial charge in [0.05, 0.1) is 14.2 Å². The minimum absolute atomic E-state index is 0.0702. The first-order valence-electron chi connectivity index (χ1n) is 7.35. The van der Waals surface area contributed by atoms with Gasteiger partial charge in [-0.2, -0.15) is 0 Å². The quantitative estimate of drug-likeness (QED) is 0.853. The lowest BCUT2D eigenvalue weighted by molar-refractivity contribution is -0.121. The fourth-order valence-corrected chi connectivity index (χ4v) is 2.28. The van der Waals surface area contributed by atoms with Crippen LogP contribution in [0.5, 0.6) is 11.5 Å². The van der Waals surface area contributed by atoms with E-state index in [0.717, 1.165) is 11.1 Å². The van der Waals surface area contributed by atoms with Crippen molar-refractivity contribution in [2.24, 2.45) is 0 Å². The van der Waals surface area contributed by atoms with Gasteiger partial charge in [-0.1, -0.05) is 24.3 Å². The van der Waals surface area contributed by atoms with Crippen LogP contribution < -0.4 is 14.8 Å². The Kier molecular flexibility index (Phi) is 5.97. The number of aryl methyl sites for hydroxylation is 1. The molecule has 0 spiro atoms. The van der Waals surface area contributed by atoms with Crippen LogP contribution in [0, 0.1) is 5.82 Å². The summed E-state index contributed by atoms with van der Waals surface area (Å²) >= 11 is 0. The van der Waals surface area contributed by atoms with Crippen LogP contribution >= 0.6 is 0 Å². The smallest absolute Gasteiger partial charge is 0.220 e. The zero-order valence-electron chi connectivity index (χ0n) is 13.3. The SMILES string of the molecule is COc1cccc(CNC(=O)CCc2ccc(F)cc2)c1OC. The van der Waals surface area contributed by atoms with Crippen molar-refractivity contribution in [3.8, 4) is 11.5 Å². The zero-order valence-corrected chi connectivity index (χ0v) is 13.3. The summed E-state index contributed by atoms with van der Waals surface area (Å²) in [6.07, 6.45) is 0.916. The lowest BCUT2D eigenvalue weighted by Gasteiger charge is -2.13. The monoisotopic (exact) mass is 317 g/mol. The normalized spacial score (nSPS) is 10.2. The number of benzene rings is 2. The Morgan fingerprint density at radius 3 is 2.48 bits per heavy atom. The number of hydrogen-bond donors (Lipinski definition) is 1. The number of halogens is 1. The van der Waals surface area contributed by atoms with Gasteiger partial charge >= 0.3 is 0 Å². The molecule has 2 aromatic rings. The van der Waals surface area contributed by atoms with Crippen LogP contribution in [0.1, 0.15) is 17.5 Å². The number of carbonyl (C=O) groups is 1. The zero-order chi connectivity index (χ0) is 16.7. The Balaban J connectivity index is 1.88. The molecule has 0 fully saturated rings. The molecule has 2 rings (SSSR count). The Morgan fingerprint density at radius 1 is 1.09 bits per heavy atom. The lowest BCUT2D eigenvalue weighted by Crippen LogP contribution is -2.23. The fraction of sp³-hybridized carbons (Fsp3) is 0.278. The van der Waals surface area contributed by atoms with Crippen molar-refractivity contribution in [1.82, 2.24) is 5.32 Å². The molecule has 0 aliphatic rings. The van der Waals surface area contributed by atoms with Crippen LogP contribution in [0.4, 0.5) is 4.39 Å². The summed E-state index contributed by atoms with van der Waals surface area (Å²) in [6.45, 7) is 0.364. The van der Waals surface area contributed by atoms with Crippen molar-refractivity contribution < 1.29 is 18.7 Å². The maximum Gasteiger partial charge on any atom is 0.220 e. The topological polar surface area (TPSA) is 47.6 Å². The summed E-state index contributed by atoms with van der Waals surface area (Å²) in [6, 6.07) is 11.7. The summed E-state index contributed by atoms with van der Waals surface area (Å²) in [5.74, 6) is 0.905. The Hall–Kier alpha value is -2.56. The summed E-state index contributed by atoms with van der Waals surface area (Å²) in [5.41, 5.74) is 1.78. The minimum Gasteiger partial charge on any atom is -0.493 e. The molecular formula is C18H20FNO3. The van der Waals surface area contributed by atoms with Crippen molar-refractivity contribution in [2.45, 2.75) is 19.4 Å². The molecular weight excluding hydrogens is 297 g/mol. The molecule has 23 heavy (non-hydrogen) atoms. The molecule has 0 radical (unpaired) electrons. The fourth-order valence-electron chi connectivity index (χ4n) is 2.28. The van der Waals surface area contributed by atoms with Crippen LogP contribution in [0.3, 0.4) is 0 Å². The highest BCUT2D eigenvalue weighted by Gasteiger charge is 2.10. The number of hydrogen-bond acceptors (Lipinski definition) is 3. The molecule has 0 unspecified atom stereocenters. The van der Waals surface area contributed by atoms with Gasteiger partial charge < -0.3 is 14.8 Å². The third kappa shape index (κ3) is 4.71. The van der Waals surface area contributed by atoms with E-state index in [4.69, 9.17) is 9.47 Å². The van der Waals surface area contributed by atoms with Crippen LogP contribution in [-0.2, 0) is 17.8 Å². The predicted molar refractivity (Wildman–Crippen MR) is 86.1 cm³/mol. The largest absolute Gasteiger partial charge is 0.493 e. The van der Waals surface area contributed by atoms with Crippen LogP contribution in [-0.4, -0.2) is 20.1 Å². The van der Waals surface area contributed by atoms with Gasteiger partial charge in [0, 0.05) is 18.5 Å². The van der Waals surface area contributed by atoms with Crippen molar-refractivity contribution in [3.63, 3.8) is 0 Å². The van der Waals surface area contributed by atoms with Gasteiger partial charge in [0.15, 0.2) is 11.5 Å². The van der Waals surface area contributed by atoms with Crippen molar-refractivity contribution in [3.05, 3.63) is 59.4 Å². The average molecular weight is 317 g/mol. The van der Waals surface area contributed by atoms with Gasteiger partial charge in [0.25, 0.3) is 0 Å². The number of amides is 1. The third-order valence-corrected chi connectivity index (χ3v) is 3.51. The standard InChI is InChI=1S/C18H20FNO3/c1-22-16-5-3-4-14(18(16)23-2)12-20-17(21)11-8-13-6-9-15(19)10-7-13/h3-7,9-10H,8,11-12H2,1-2H3,(H,20,21).